The van der Waals surface area contributed by atoms with Crippen LogP contribution in [0.3, 0.4) is 0 Å². The van der Waals surface area contributed by atoms with Crippen molar-refractivity contribution in [1.29, 1.82) is 0 Å². The Morgan fingerprint density at radius 3 is 2.24 bits per heavy atom. The monoisotopic (exact) mass is 312 g/mol. The molecule has 0 amide bonds. The summed E-state index contributed by atoms with van der Waals surface area (Å²) in [6, 6.07) is 8.93. The fourth-order valence-corrected chi connectivity index (χ4v) is 8.07. The summed E-state index contributed by atoms with van der Waals surface area (Å²) in [6.07, 6.45) is 1.11. The average Bonchev–Trinajstić information content (AvgIpc) is 2.64. The van der Waals surface area contributed by atoms with Gasteiger partial charge in [-0.05, 0) is 42.2 Å². The van der Waals surface area contributed by atoms with Gasteiger partial charge in [0.1, 0.15) is 0 Å². The number of sulfone groups is 1. The van der Waals surface area contributed by atoms with Gasteiger partial charge in [-0.25, -0.2) is 8.42 Å². The van der Waals surface area contributed by atoms with Gasteiger partial charge in [0.05, 0.1) is 10.1 Å². The molecular formula is C13H13BrO2S. The van der Waals surface area contributed by atoms with Gasteiger partial charge in [0.25, 0.3) is 0 Å². The summed E-state index contributed by atoms with van der Waals surface area (Å²) >= 11 is 3.69. The molecule has 5 rings (SSSR count). The summed E-state index contributed by atoms with van der Waals surface area (Å²) < 4.78 is 25.3. The molecule has 0 unspecified atom stereocenters. The summed E-state index contributed by atoms with van der Waals surface area (Å²) in [6.45, 7) is 0. The van der Waals surface area contributed by atoms with Crippen LogP contribution >= 0.6 is 15.9 Å². The van der Waals surface area contributed by atoms with Gasteiger partial charge in [-0.2, -0.15) is 0 Å². The molecule has 1 aromatic rings. The smallest absolute Gasteiger partial charge is 0.181 e. The van der Waals surface area contributed by atoms with Crippen LogP contribution in [0.15, 0.2) is 35.2 Å². The van der Waals surface area contributed by atoms with E-state index in [-0.39, 0.29) is 5.25 Å². The van der Waals surface area contributed by atoms with Crippen molar-refractivity contribution in [3.05, 3.63) is 30.3 Å². The predicted octanol–water partition coefficient (Wildman–Crippen LogP) is 2.49. The molecule has 0 heterocycles. The highest BCUT2D eigenvalue weighted by atomic mass is 79.9. The molecule has 1 aromatic carbocycles. The highest BCUT2D eigenvalue weighted by Gasteiger charge is 2.75. The summed E-state index contributed by atoms with van der Waals surface area (Å²) in [5, 5.41) is -0.121. The Hall–Kier alpha value is -0.350. The molecule has 0 radical (unpaired) electrons. The lowest BCUT2D eigenvalue weighted by Gasteiger charge is -2.17. The first-order chi connectivity index (χ1) is 8.12. The average molecular weight is 313 g/mol. The van der Waals surface area contributed by atoms with Crippen molar-refractivity contribution in [3.8, 4) is 0 Å². The maximum Gasteiger partial charge on any atom is 0.181 e. The molecule has 0 N–H and O–H groups in total. The Bertz CT molecular complexity index is 568. The van der Waals surface area contributed by atoms with E-state index in [9.17, 15) is 8.42 Å². The first kappa shape index (κ1) is 10.6. The van der Waals surface area contributed by atoms with E-state index in [4.69, 9.17) is 0 Å². The van der Waals surface area contributed by atoms with Gasteiger partial charge in [0, 0.05) is 4.83 Å². The van der Waals surface area contributed by atoms with Crippen molar-refractivity contribution in [2.75, 3.05) is 0 Å². The molecule has 4 aliphatic carbocycles. The summed E-state index contributed by atoms with van der Waals surface area (Å²) in [5.41, 5.74) is 0. The van der Waals surface area contributed by atoms with Crippen LogP contribution in [0.25, 0.3) is 0 Å². The van der Waals surface area contributed by atoms with E-state index in [0.717, 1.165) is 6.42 Å². The van der Waals surface area contributed by atoms with Crippen molar-refractivity contribution >= 4 is 25.8 Å². The lowest BCUT2D eigenvalue weighted by atomic mass is 10.1. The van der Waals surface area contributed by atoms with E-state index < -0.39 is 9.84 Å². The molecular weight excluding hydrogens is 300 g/mol. The molecule has 4 saturated carbocycles. The van der Waals surface area contributed by atoms with Crippen molar-refractivity contribution < 1.29 is 8.42 Å². The van der Waals surface area contributed by atoms with Crippen LogP contribution in [-0.4, -0.2) is 18.5 Å². The van der Waals surface area contributed by atoms with Crippen molar-refractivity contribution in [2.45, 2.75) is 21.4 Å². The fraction of sp³-hybridized carbons (Fsp3) is 0.538. The Balaban J connectivity index is 1.78. The number of rotatable bonds is 2. The van der Waals surface area contributed by atoms with Crippen LogP contribution < -0.4 is 0 Å². The first-order valence-electron chi connectivity index (χ1n) is 6.05. The van der Waals surface area contributed by atoms with Crippen molar-refractivity contribution in [1.82, 2.24) is 0 Å². The van der Waals surface area contributed by atoms with Gasteiger partial charge in [-0.1, -0.05) is 34.1 Å². The minimum atomic E-state index is -3.12. The Morgan fingerprint density at radius 2 is 1.76 bits per heavy atom. The lowest BCUT2D eigenvalue weighted by molar-refractivity contribution is 0.547. The zero-order chi connectivity index (χ0) is 11.8. The number of hydrogen-bond acceptors (Lipinski definition) is 2. The number of alkyl halides is 1. The highest BCUT2D eigenvalue weighted by Crippen LogP contribution is 2.74. The van der Waals surface area contributed by atoms with E-state index in [0.29, 0.717) is 33.4 Å². The lowest BCUT2D eigenvalue weighted by Crippen LogP contribution is -2.27. The van der Waals surface area contributed by atoms with Crippen molar-refractivity contribution in [3.63, 3.8) is 0 Å². The Labute approximate surface area is 109 Å². The van der Waals surface area contributed by atoms with Crippen LogP contribution in [0, 0.1) is 23.7 Å². The zero-order valence-corrected chi connectivity index (χ0v) is 11.6. The number of halogens is 1. The molecule has 0 aromatic heterocycles. The van der Waals surface area contributed by atoms with Gasteiger partial charge in [-0.15, -0.1) is 0 Å². The molecule has 0 spiro atoms. The predicted molar refractivity (Wildman–Crippen MR) is 68.7 cm³/mol. The van der Waals surface area contributed by atoms with Gasteiger partial charge in [0.15, 0.2) is 9.84 Å². The zero-order valence-electron chi connectivity index (χ0n) is 9.16. The summed E-state index contributed by atoms with van der Waals surface area (Å²) in [7, 11) is -3.12. The first-order valence-corrected chi connectivity index (χ1v) is 8.51. The van der Waals surface area contributed by atoms with Gasteiger partial charge in [0.2, 0.25) is 0 Å². The van der Waals surface area contributed by atoms with Gasteiger partial charge in [-0.3, -0.25) is 0 Å². The molecule has 90 valence electrons. The molecule has 4 bridgehead atoms. The molecule has 2 nitrogen and oxygen atoms in total. The van der Waals surface area contributed by atoms with E-state index in [1.165, 1.54) is 0 Å². The van der Waals surface area contributed by atoms with Gasteiger partial charge < -0.3 is 0 Å². The third kappa shape index (κ3) is 1.18. The Morgan fingerprint density at radius 1 is 1.06 bits per heavy atom. The van der Waals surface area contributed by atoms with Crippen molar-refractivity contribution in [2.24, 2.45) is 23.7 Å². The third-order valence-electron chi connectivity index (χ3n) is 4.84. The van der Waals surface area contributed by atoms with Gasteiger partial charge >= 0.3 is 0 Å². The molecule has 4 fully saturated rings. The number of benzene rings is 1. The normalized spacial score (nSPS) is 46.2. The van der Waals surface area contributed by atoms with E-state index in [1.807, 2.05) is 18.2 Å². The minimum Gasteiger partial charge on any atom is -0.223 e. The molecule has 4 aliphatic rings. The second-order valence-electron chi connectivity index (χ2n) is 5.49. The largest absolute Gasteiger partial charge is 0.223 e. The second kappa shape index (κ2) is 3.15. The number of hydrogen-bond donors (Lipinski definition) is 0. The Kier molecular flexibility index (Phi) is 1.96. The molecule has 17 heavy (non-hydrogen) atoms. The van der Waals surface area contributed by atoms with E-state index >= 15 is 0 Å². The molecule has 6 atom stereocenters. The summed E-state index contributed by atoms with van der Waals surface area (Å²) in [4.78, 5) is 0.948. The highest BCUT2D eigenvalue weighted by molar-refractivity contribution is 9.09. The van der Waals surface area contributed by atoms with Crippen LogP contribution in [0.5, 0.6) is 0 Å². The maximum absolute atomic E-state index is 12.6. The van der Waals surface area contributed by atoms with Crippen LogP contribution in [0.4, 0.5) is 0 Å². The van der Waals surface area contributed by atoms with Crippen LogP contribution in [0.2, 0.25) is 0 Å². The molecule has 0 aliphatic heterocycles. The minimum absolute atomic E-state index is 0.121. The van der Waals surface area contributed by atoms with E-state index in [2.05, 4.69) is 15.9 Å². The molecule has 0 saturated heterocycles. The summed E-state index contributed by atoms with van der Waals surface area (Å²) in [5.74, 6) is 2.12. The van der Waals surface area contributed by atoms with Crippen LogP contribution in [-0.2, 0) is 9.84 Å². The second-order valence-corrected chi connectivity index (χ2v) is 8.65. The van der Waals surface area contributed by atoms with E-state index in [1.54, 1.807) is 12.1 Å². The topological polar surface area (TPSA) is 34.1 Å². The quantitative estimate of drug-likeness (QED) is 0.786. The fourth-order valence-electron chi connectivity index (χ4n) is 4.19. The maximum atomic E-state index is 12.6. The van der Waals surface area contributed by atoms with Crippen LogP contribution in [0.1, 0.15) is 6.42 Å². The standard InChI is InChI=1S/C13H13BrO2S/c14-12-9-6-8-10(12)11(8)13(9)17(15,16)7-4-2-1-3-5-7/h1-5,8-13H,6H2/t8-,9-,10+,11-,12+,13-/m0/s1. The third-order valence-corrected chi connectivity index (χ3v) is 8.44. The molecule has 4 heteroatoms. The SMILES string of the molecule is O=S(=O)(c1ccccc1)[C@H]1[C@H]2C[C@H]3[C@@H]([C@@H]2Br)[C@H]31.